The van der Waals surface area contributed by atoms with Gasteiger partial charge < -0.3 is 16.6 Å². The van der Waals surface area contributed by atoms with E-state index in [1.54, 1.807) is 0 Å². The number of aromatic carboxylic acids is 1. The van der Waals surface area contributed by atoms with E-state index in [9.17, 15) is 18.0 Å². The number of anilines is 2. The number of carbonyl (C=O) groups is 1. The summed E-state index contributed by atoms with van der Waals surface area (Å²) in [6.07, 6.45) is -4.53. The quantitative estimate of drug-likeness (QED) is 0.779. The minimum absolute atomic E-state index is 0.0310. The molecular weight excluding hydrogens is 277 g/mol. The van der Waals surface area contributed by atoms with E-state index in [-0.39, 0.29) is 17.3 Å². The molecule has 6 nitrogen and oxygen atoms in total. The maximum absolute atomic E-state index is 12.6. The van der Waals surface area contributed by atoms with Crippen molar-refractivity contribution >= 4 is 17.6 Å². The van der Waals surface area contributed by atoms with Crippen LogP contribution in [0.5, 0.6) is 0 Å². The number of rotatable bonds is 2. The third-order valence-corrected chi connectivity index (χ3v) is 2.58. The summed E-state index contributed by atoms with van der Waals surface area (Å²) in [5.74, 6) is -2.11. The molecule has 9 heteroatoms. The predicted molar refractivity (Wildman–Crippen MR) is 64.4 cm³/mol. The third kappa shape index (κ3) is 2.25. The molecule has 2 rings (SSSR count). The molecule has 5 N–H and O–H groups in total. The van der Waals surface area contributed by atoms with E-state index < -0.39 is 23.3 Å². The lowest BCUT2D eigenvalue weighted by Gasteiger charge is -2.09. The van der Waals surface area contributed by atoms with Gasteiger partial charge in [0.15, 0.2) is 5.82 Å². The number of aromatic nitrogens is 2. The van der Waals surface area contributed by atoms with Crippen molar-refractivity contribution in [3.05, 3.63) is 35.4 Å². The molecule has 0 unspecified atom stereocenters. The summed E-state index contributed by atoms with van der Waals surface area (Å²) in [7, 11) is 0. The second-order valence-corrected chi connectivity index (χ2v) is 3.91. The van der Waals surface area contributed by atoms with Gasteiger partial charge in [0.1, 0.15) is 11.4 Å². The van der Waals surface area contributed by atoms with E-state index in [2.05, 4.69) is 5.10 Å². The molecule has 0 aliphatic heterocycles. The molecule has 0 fully saturated rings. The topological polar surface area (TPSA) is 107 Å². The lowest BCUT2D eigenvalue weighted by atomic mass is 10.2. The predicted octanol–water partition coefficient (Wildman–Crippen LogP) is 1.75. The van der Waals surface area contributed by atoms with Crippen LogP contribution in [0.2, 0.25) is 0 Å². The van der Waals surface area contributed by atoms with Crippen LogP contribution in [0.4, 0.5) is 24.8 Å². The van der Waals surface area contributed by atoms with Crippen molar-refractivity contribution in [1.29, 1.82) is 0 Å². The highest BCUT2D eigenvalue weighted by Crippen LogP contribution is 2.31. The van der Waals surface area contributed by atoms with Gasteiger partial charge in [-0.3, -0.25) is 0 Å². The van der Waals surface area contributed by atoms with Crippen LogP contribution in [0.15, 0.2) is 24.3 Å². The fourth-order valence-electron chi connectivity index (χ4n) is 1.68. The zero-order valence-electron chi connectivity index (χ0n) is 9.85. The van der Waals surface area contributed by atoms with Gasteiger partial charge in [-0.1, -0.05) is 6.07 Å². The smallest absolute Gasteiger partial charge is 0.416 e. The Morgan fingerprint density at radius 2 is 1.95 bits per heavy atom. The Morgan fingerprint density at radius 1 is 1.30 bits per heavy atom. The Kier molecular flexibility index (Phi) is 3.04. The molecular formula is C11H9F3N4O2. The van der Waals surface area contributed by atoms with E-state index in [1.165, 1.54) is 6.07 Å². The van der Waals surface area contributed by atoms with E-state index >= 15 is 0 Å². The van der Waals surface area contributed by atoms with Gasteiger partial charge in [0, 0.05) is 0 Å². The molecule has 106 valence electrons. The second-order valence-electron chi connectivity index (χ2n) is 3.91. The van der Waals surface area contributed by atoms with Crippen LogP contribution in [0.1, 0.15) is 15.9 Å². The average Bonchev–Trinajstić information content (AvgIpc) is 2.64. The summed E-state index contributed by atoms with van der Waals surface area (Å²) in [4.78, 5) is 10.9. The highest BCUT2D eigenvalue weighted by Gasteiger charge is 2.31. The van der Waals surface area contributed by atoms with Gasteiger partial charge in [-0.05, 0) is 18.2 Å². The fourth-order valence-corrected chi connectivity index (χ4v) is 1.68. The third-order valence-electron chi connectivity index (χ3n) is 2.58. The minimum Gasteiger partial charge on any atom is -0.477 e. The molecule has 1 aromatic heterocycles. The molecule has 1 heterocycles. The largest absolute Gasteiger partial charge is 0.477 e. The van der Waals surface area contributed by atoms with E-state index in [1.807, 2.05) is 0 Å². The summed E-state index contributed by atoms with van der Waals surface area (Å²) in [6, 6.07) is 4.15. The maximum atomic E-state index is 12.6. The van der Waals surface area contributed by atoms with Crippen molar-refractivity contribution in [1.82, 2.24) is 9.78 Å². The molecule has 0 amide bonds. The van der Waals surface area contributed by atoms with Gasteiger partial charge in [-0.25, -0.2) is 9.48 Å². The maximum Gasteiger partial charge on any atom is 0.416 e. The first kappa shape index (κ1) is 13.7. The highest BCUT2D eigenvalue weighted by molar-refractivity contribution is 5.98. The van der Waals surface area contributed by atoms with Gasteiger partial charge in [0.2, 0.25) is 0 Å². The normalized spacial score (nSPS) is 11.6. The standard InChI is InChI=1S/C11H9F3N4O2/c12-11(13,14)5-2-1-3-6(4-5)18-9(16)7(10(19)20)8(15)17-18/h1-4H,16H2,(H2,15,17)(H,19,20). The molecule has 0 aliphatic rings. The molecule has 1 aromatic carbocycles. The van der Waals surface area contributed by atoms with Gasteiger partial charge in [0.25, 0.3) is 0 Å². The van der Waals surface area contributed by atoms with Gasteiger partial charge in [-0.15, -0.1) is 5.10 Å². The number of alkyl halides is 3. The van der Waals surface area contributed by atoms with Crippen molar-refractivity contribution in [3.63, 3.8) is 0 Å². The Bertz CT molecular complexity index is 679. The van der Waals surface area contributed by atoms with Crippen molar-refractivity contribution < 1.29 is 23.1 Å². The number of hydrogen-bond donors (Lipinski definition) is 3. The van der Waals surface area contributed by atoms with E-state index in [0.29, 0.717) is 0 Å². The van der Waals surface area contributed by atoms with Gasteiger partial charge in [-0.2, -0.15) is 13.2 Å². The van der Waals surface area contributed by atoms with Crippen LogP contribution in [0, 0.1) is 0 Å². The number of carboxylic acids is 1. The first-order valence-corrected chi connectivity index (χ1v) is 5.26. The zero-order chi connectivity index (χ0) is 15.1. The number of nitrogens with two attached hydrogens (primary N) is 2. The number of carboxylic acid groups (broad SMARTS) is 1. The molecule has 0 bridgehead atoms. The molecule has 2 aromatic rings. The van der Waals surface area contributed by atoms with Crippen molar-refractivity contribution in [2.24, 2.45) is 0 Å². The molecule has 20 heavy (non-hydrogen) atoms. The van der Waals surface area contributed by atoms with Gasteiger partial charge in [0.05, 0.1) is 11.3 Å². The minimum atomic E-state index is -4.53. The Balaban J connectivity index is 2.58. The summed E-state index contributed by atoms with van der Waals surface area (Å²) >= 11 is 0. The van der Waals surface area contributed by atoms with Crippen LogP contribution in [0.3, 0.4) is 0 Å². The van der Waals surface area contributed by atoms with Crippen LogP contribution >= 0.6 is 0 Å². The van der Waals surface area contributed by atoms with Gasteiger partial charge >= 0.3 is 12.1 Å². The monoisotopic (exact) mass is 286 g/mol. The molecule has 0 saturated carbocycles. The van der Waals surface area contributed by atoms with Crippen LogP contribution in [-0.4, -0.2) is 20.9 Å². The van der Waals surface area contributed by atoms with Crippen molar-refractivity contribution in [2.45, 2.75) is 6.18 Å². The molecule has 0 saturated heterocycles. The number of nitrogen functional groups attached to an aromatic ring is 2. The van der Waals surface area contributed by atoms with Crippen molar-refractivity contribution in [2.75, 3.05) is 11.5 Å². The number of benzene rings is 1. The Morgan fingerprint density at radius 3 is 2.45 bits per heavy atom. The molecule has 0 atom stereocenters. The molecule has 0 aliphatic carbocycles. The Hall–Kier alpha value is -2.71. The first-order chi connectivity index (χ1) is 9.21. The lowest BCUT2D eigenvalue weighted by Crippen LogP contribution is -2.09. The first-order valence-electron chi connectivity index (χ1n) is 5.26. The van der Waals surface area contributed by atoms with Crippen molar-refractivity contribution in [3.8, 4) is 5.69 Å². The number of hydrogen-bond acceptors (Lipinski definition) is 4. The van der Waals surface area contributed by atoms with Crippen LogP contribution in [-0.2, 0) is 6.18 Å². The second kappa shape index (κ2) is 4.44. The SMILES string of the molecule is Nc1nn(-c2cccc(C(F)(F)F)c2)c(N)c1C(=O)O. The highest BCUT2D eigenvalue weighted by atomic mass is 19.4. The van der Waals surface area contributed by atoms with Crippen LogP contribution in [0.25, 0.3) is 5.69 Å². The summed E-state index contributed by atoms with van der Waals surface area (Å²) in [5, 5.41) is 12.5. The van der Waals surface area contributed by atoms with E-state index in [0.717, 1.165) is 22.9 Å². The van der Waals surface area contributed by atoms with Crippen LogP contribution < -0.4 is 11.5 Å². The summed E-state index contributed by atoms with van der Waals surface area (Å²) in [5.41, 5.74) is 9.57. The molecule has 0 radical (unpaired) electrons. The number of halogens is 3. The lowest BCUT2D eigenvalue weighted by molar-refractivity contribution is -0.137. The fraction of sp³-hybridized carbons (Fsp3) is 0.0909. The summed E-state index contributed by atoms with van der Waals surface area (Å²) < 4.78 is 38.7. The molecule has 0 spiro atoms. The number of nitrogens with zero attached hydrogens (tertiary/aromatic N) is 2. The zero-order valence-corrected chi connectivity index (χ0v) is 9.85. The summed E-state index contributed by atoms with van der Waals surface area (Å²) in [6.45, 7) is 0. The average molecular weight is 286 g/mol. The van der Waals surface area contributed by atoms with E-state index in [4.69, 9.17) is 16.6 Å². The Labute approximate surface area is 110 Å².